The quantitative estimate of drug-likeness (QED) is 0.334. The summed E-state index contributed by atoms with van der Waals surface area (Å²) in [6, 6.07) is 20.4. The lowest BCUT2D eigenvalue weighted by Crippen LogP contribution is -2.52. The van der Waals surface area contributed by atoms with Crippen molar-refractivity contribution in [1.29, 1.82) is 0 Å². The molecule has 0 aliphatic heterocycles. The van der Waals surface area contributed by atoms with Gasteiger partial charge in [0.05, 0.1) is 22.7 Å². The lowest BCUT2D eigenvalue weighted by Gasteiger charge is -2.32. The van der Waals surface area contributed by atoms with Crippen molar-refractivity contribution in [2.75, 3.05) is 18.0 Å². The van der Waals surface area contributed by atoms with Gasteiger partial charge in [-0.1, -0.05) is 61.0 Å². The normalized spacial score (nSPS) is 12.7. The number of carbonyl (C=O) groups excluding carboxylic acids is 2. The van der Waals surface area contributed by atoms with Crippen LogP contribution < -0.4 is 14.4 Å². The molecule has 2 atom stereocenters. The summed E-state index contributed by atoms with van der Waals surface area (Å²) in [4.78, 5) is 28.4. The maximum atomic E-state index is 13.9. The fraction of sp³-hybridized carbons (Fsp3) is 0.310. The van der Waals surface area contributed by atoms with Crippen molar-refractivity contribution in [3.8, 4) is 5.75 Å². The zero-order chi connectivity index (χ0) is 28.6. The molecule has 0 fully saturated rings. The Bertz CT molecular complexity index is 1370. The smallest absolute Gasteiger partial charge is 0.264 e. The second-order valence-corrected chi connectivity index (χ2v) is 11.4. The second-order valence-electron chi connectivity index (χ2n) is 9.14. The Labute approximate surface area is 235 Å². The molecule has 0 aliphatic rings. The number of benzene rings is 3. The molecule has 208 valence electrons. The van der Waals surface area contributed by atoms with Crippen LogP contribution in [-0.2, 0) is 26.2 Å². The lowest BCUT2D eigenvalue weighted by molar-refractivity contribution is -0.139. The molecule has 0 saturated heterocycles. The van der Waals surface area contributed by atoms with Crippen molar-refractivity contribution < 1.29 is 22.7 Å². The van der Waals surface area contributed by atoms with Gasteiger partial charge < -0.3 is 15.0 Å². The van der Waals surface area contributed by atoms with Crippen LogP contribution in [0.25, 0.3) is 0 Å². The van der Waals surface area contributed by atoms with Gasteiger partial charge >= 0.3 is 0 Å². The van der Waals surface area contributed by atoms with Gasteiger partial charge in [0.1, 0.15) is 18.3 Å². The third-order valence-electron chi connectivity index (χ3n) is 6.41. The van der Waals surface area contributed by atoms with E-state index in [0.29, 0.717) is 5.75 Å². The molecule has 0 heterocycles. The number of anilines is 1. The number of hydrogen-bond donors (Lipinski definition) is 1. The maximum Gasteiger partial charge on any atom is 0.264 e. The summed E-state index contributed by atoms with van der Waals surface area (Å²) in [6.07, 6.45) is 0.723. The van der Waals surface area contributed by atoms with Gasteiger partial charge in [-0.2, -0.15) is 0 Å². The first kappa shape index (κ1) is 30.0. The minimum Gasteiger partial charge on any atom is -0.497 e. The molecule has 0 bridgehead atoms. The monoisotopic (exact) mass is 571 g/mol. The molecular weight excluding hydrogens is 538 g/mol. The van der Waals surface area contributed by atoms with E-state index >= 15 is 0 Å². The molecule has 0 saturated carbocycles. The number of sulfonamides is 1. The molecule has 1 N–H and O–H groups in total. The van der Waals surface area contributed by atoms with E-state index in [4.69, 9.17) is 16.3 Å². The Balaban J connectivity index is 2.02. The number of amides is 2. The highest BCUT2D eigenvalue weighted by molar-refractivity contribution is 7.92. The van der Waals surface area contributed by atoms with Gasteiger partial charge in [0.2, 0.25) is 11.8 Å². The number of rotatable bonds is 12. The topological polar surface area (TPSA) is 96.0 Å². The number of nitrogens with one attached hydrogen (secondary N) is 1. The number of hydrogen-bond acceptors (Lipinski definition) is 5. The average Bonchev–Trinajstić information content (AvgIpc) is 2.95. The maximum absolute atomic E-state index is 13.9. The van der Waals surface area contributed by atoms with E-state index in [0.717, 1.165) is 16.3 Å². The van der Waals surface area contributed by atoms with Gasteiger partial charge in [-0.3, -0.25) is 13.9 Å². The number of nitrogens with zero attached hydrogens (tertiary/aromatic N) is 2. The molecule has 3 aromatic rings. The standard InChI is InChI=1S/C29H34ClN3O5S/c1-5-21(2)31-29(35)22(3)32(19-23-15-17-24(38-4)18-16-23)28(34)20-33(27-14-10-9-13-26(27)30)39(36,37)25-11-7-6-8-12-25/h6-18,21-22H,5,19-20H2,1-4H3,(H,31,35)/t21-,22+/m0/s1. The summed E-state index contributed by atoms with van der Waals surface area (Å²) in [6.45, 7) is 4.99. The van der Waals surface area contributed by atoms with Crippen LogP contribution in [0.3, 0.4) is 0 Å². The van der Waals surface area contributed by atoms with Gasteiger partial charge in [0, 0.05) is 12.6 Å². The molecule has 8 nitrogen and oxygen atoms in total. The largest absolute Gasteiger partial charge is 0.497 e. The van der Waals surface area contributed by atoms with E-state index in [2.05, 4.69) is 5.32 Å². The average molecular weight is 572 g/mol. The first-order chi connectivity index (χ1) is 18.6. The molecular formula is C29H34ClN3O5S. The summed E-state index contributed by atoms with van der Waals surface area (Å²) < 4.78 is 33.7. The van der Waals surface area contributed by atoms with E-state index in [1.54, 1.807) is 80.8 Å². The summed E-state index contributed by atoms with van der Waals surface area (Å²) >= 11 is 6.41. The highest BCUT2D eigenvalue weighted by Gasteiger charge is 2.33. The molecule has 0 aliphatic carbocycles. The Morgan fingerprint density at radius 3 is 2.15 bits per heavy atom. The van der Waals surface area contributed by atoms with E-state index in [9.17, 15) is 18.0 Å². The van der Waals surface area contributed by atoms with Crippen molar-refractivity contribution in [3.63, 3.8) is 0 Å². The van der Waals surface area contributed by atoms with Crippen molar-refractivity contribution in [3.05, 3.63) is 89.4 Å². The SMILES string of the molecule is CC[C@H](C)NC(=O)[C@@H](C)N(Cc1ccc(OC)cc1)C(=O)CN(c1ccccc1Cl)S(=O)(=O)c1ccccc1. The predicted octanol–water partition coefficient (Wildman–Crippen LogP) is 4.88. The van der Waals surface area contributed by atoms with Gasteiger partial charge in [-0.05, 0) is 62.2 Å². The fourth-order valence-electron chi connectivity index (χ4n) is 3.86. The summed E-state index contributed by atoms with van der Waals surface area (Å²) in [7, 11) is -2.61. The molecule has 0 radical (unpaired) electrons. The van der Waals surface area contributed by atoms with Gasteiger partial charge in [0.15, 0.2) is 0 Å². The molecule has 2 amide bonds. The number of ether oxygens (including phenoxy) is 1. The zero-order valence-electron chi connectivity index (χ0n) is 22.5. The summed E-state index contributed by atoms with van der Waals surface area (Å²) in [5, 5.41) is 3.09. The zero-order valence-corrected chi connectivity index (χ0v) is 24.1. The van der Waals surface area contributed by atoms with Gasteiger partial charge in [-0.25, -0.2) is 8.42 Å². The van der Waals surface area contributed by atoms with E-state index in [1.807, 2.05) is 13.8 Å². The Morgan fingerprint density at radius 2 is 1.56 bits per heavy atom. The number of carbonyl (C=O) groups is 2. The van der Waals surface area contributed by atoms with Crippen molar-refractivity contribution in [1.82, 2.24) is 10.2 Å². The van der Waals surface area contributed by atoms with E-state index in [-0.39, 0.29) is 34.1 Å². The van der Waals surface area contributed by atoms with Gasteiger partial charge in [-0.15, -0.1) is 0 Å². The molecule has 10 heteroatoms. The number of para-hydroxylation sites is 1. The third-order valence-corrected chi connectivity index (χ3v) is 8.51. The van der Waals surface area contributed by atoms with Gasteiger partial charge in [0.25, 0.3) is 10.0 Å². The first-order valence-electron chi connectivity index (χ1n) is 12.6. The van der Waals surface area contributed by atoms with Crippen LogP contribution in [0, 0.1) is 0 Å². The van der Waals surface area contributed by atoms with Crippen LogP contribution in [0.4, 0.5) is 5.69 Å². The van der Waals surface area contributed by atoms with Crippen LogP contribution in [-0.4, -0.2) is 50.9 Å². The molecule has 0 aromatic heterocycles. The van der Waals surface area contributed by atoms with Crippen molar-refractivity contribution in [2.45, 2.75) is 50.7 Å². The summed E-state index contributed by atoms with van der Waals surface area (Å²) in [5.74, 6) is -0.239. The summed E-state index contributed by atoms with van der Waals surface area (Å²) in [5.41, 5.74) is 0.917. The molecule has 0 spiro atoms. The Kier molecular flexibility index (Phi) is 10.4. The van der Waals surface area contributed by atoms with Crippen LogP contribution in [0.15, 0.2) is 83.8 Å². The lowest BCUT2D eigenvalue weighted by atomic mass is 10.1. The second kappa shape index (κ2) is 13.5. The number of methoxy groups -OCH3 is 1. The highest BCUT2D eigenvalue weighted by atomic mass is 35.5. The third kappa shape index (κ3) is 7.52. The van der Waals surface area contributed by atoms with E-state index < -0.39 is 28.5 Å². The predicted molar refractivity (Wildman–Crippen MR) is 153 cm³/mol. The molecule has 0 unspecified atom stereocenters. The number of halogens is 1. The first-order valence-corrected chi connectivity index (χ1v) is 14.4. The van der Waals surface area contributed by atoms with Crippen LogP contribution >= 0.6 is 11.6 Å². The van der Waals surface area contributed by atoms with E-state index in [1.165, 1.54) is 17.0 Å². The molecule has 3 aromatic carbocycles. The van der Waals surface area contributed by atoms with Crippen LogP contribution in [0.2, 0.25) is 5.02 Å². The Hall–Kier alpha value is -3.56. The van der Waals surface area contributed by atoms with Crippen molar-refractivity contribution in [2.24, 2.45) is 0 Å². The van der Waals surface area contributed by atoms with Crippen LogP contribution in [0.5, 0.6) is 5.75 Å². The van der Waals surface area contributed by atoms with Crippen LogP contribution in [0.1, 0.15) is 32.8 Å². The Morgan fingerprint density at radius 1 is 0.949 bits per heavy atom. The fourth-order valence-corrected chi connectivity index (χ4v) is 5.60. The van der Waals surface area contributed by atoms with Crippen molar-refractivity contribution >= 4 is 39.1 Å². The minimum atomic E-state index is -4.17. The minimum absolute atomic E-state index is 0.0157. The molecule has 39 heavy (non-hydrogen) atoms. The molecule has 3 rings (SSSR count). The highest BCUT2D eigenvalue weighted by Crippen LogP contribution is 2.30.